The van der Waals surface area contributed by atoms with Crippen LogP contribution in [0.15, 0.2) is 4.47 Å². The van der Waals surface area contributed by atoms with E-state index in [2.05, 4.69) is 33.3 Å². The van der Waals surface area contributed by atoms with Crippen molar-refractivity contribution in [1.29, 1.82) is 0 Å². The van der Waals surface area contributed by atoms with Crippen molar-refractivity contribution < 1.29 is 8.42 Å². The average molecular weight is 350 g/mol. The van der Waals surface area contributed by atoms with Gasteiger partial charge in [0, 0.05) is 13.6 Å². The highest BCUT2D eigenvalue weighted by Gasteiger charge is 2.27. The van der Waals surface area contributed by atoms with Crippen LogP contribution in [0.5, 0.6) is 0 Å². The van der Waals surface area contributed by atoms with Crippen LogP contribution in [0.1, 0.15) is 24.7 Å². The van der Waals surface area contributed by atoms with E-state index in [1.807, 2.05) is 11.7 Å². The molecule has 2 rings (SSSR count). The molecule has 1 aliphatic heterocycles. The number of hydrogen-bond acceptors (Lipinski definition) is 4. The Hall–Kier alpha value is -0.400. The zero-order chi connectivity index (χ0) is 14.0. The van der Waals surface area contributed by atoms with Crippen LogP contribution in [-0.4, -0.2) is 36.2 Å². The minimum absolute atomic E-state index is 0.252. The molecular weight excluding hydrogens is 330 g/mol. The zero-order valence-electron chi connectivity index (χ0n) is 11.3. The molecule has 0 amide bonds. The van der Waals surface area contributed by atoms with Gasteiger partial charge in [-0.15, -0.1) is 0 Å². The van der Waals surface area contributed by atoms with Crippen molar-refractivity contribution in [3.05, 3.63) is 15.9 Å². The summed E-state index contributed by atoms with van der Waals surface area (Å²) < 4.78 is 25.7. The SMILES string of the molecule is CCc1nn(C)c(CNCC2CCS(=O)(=O)C2)c1Br. The Bertz CT molecular complexity index is 554. The van der Waals surface area contributed by atoms with Gasteiger partial charge in [0.1, 0.15) is 0 Å². The predicted octanol–water partition coefficient (Wildman–Crippen LogP) is 1.27. The first-order valence-corrected chi connectivity index (χ1v) is 9.15. The summed E-state index contributed by atoms with van der Waals surface area (Å²) in [5, 5.41) is 7.78. The first-order valence-electron chi connectivity index (χ1n) is 6.54. The summed E-state index contributed by atoms with van der Waals surface area (Å²) in [6.45, 7) is 3.53. The summed E-state index contributed by atoms with van der Waals surface area (Å²) in [4.78, 5) is 0. The van der Waals surface area contributed by atoms with Crippen molar-refractivity contribution in [2.45, 2.75) is 26.3 Å². The van der Waals surface area contributed by atoms with Crippen LogP contribution < -0.4 is 5.32 Å². The monoisotopic (exact) mass is 349 g/mol. The number of sulfone groups is 1. The smallest absolute Gasteiger partial charge is 0.150 e. The second-order valence-corrected chi connectivity index (χ2v) is 8.11. The Morgan fingerprint density at radius 2 is 2.26 bits per heavy atom. The Balaban J connectivity index is 1.88. The van der Waals surface area contributed by atoms with Crippen molar-refractivity contribution in [3.8, 4) is 0 Å². The third-order valence-corrected chi connectivity index (χ3v) is 6.31. The van der Waals surface area contributed by atoms with Gasteiger partial charge in [0.2, 0.25) is 0 Å². The molecule has 1 aliphatic rings. The molecule has 0 radical (unpaired) electrons. The fourth-order valence-corrected chi connectivity index (χ4v) is 5.06. The lowest BCUT2D eigenvalue weighted by Gasteiger charge is -2.10. The van der Waals surface area contributed by atoms with E-state index in [0.29, 0.717) is 18.1 Å². The standard InChI is InChI=1S/C12H20BrN3O2S/c1-3-10-12(13)11(16(2)15-10)7-14-6-9-4-5-19(17,18)8-9/h9,14H,3-8H2,1-2H3. The third-order valence-electron chi connectivity index (χ3n) is 3.56. The van der Waals surface area contributed by atoms with Gasteiger partial charge in [-0.1, -0.05) is 6.92 Å². The molecule has 1 unspecified atom stereocenters. The molecule has 1 saturated heterocycles. The molecule has 1 N–H and O–H groups in total. The minimum atomic E-state index is -2.77. The molecule has 19 heavy (non-hydrogen) atoms. The molecule has 1 atom stereocenters. The fourth-order valence-electron chi connectivity index (χ4n) is 2.44. The Morgan fingerprint density at radius 3 is 2.79 bits per heavy atom. The van der Waals surface area contributed by atoms with Crippen molar-refractivity contribution in [2.75, 3.05) is 18.1 Å². The number of nitrogens with zero attached hydrogens (tertiary/aromatic N) is 2. The van der Waals surface area contributed by atoms with Crippen molar-refractivity contribution in [2.24, 2.45) is 13.0 Å². The number of hydrogen-bond donors (Lipinski definition) is 1. The fraction of sp³-hybridized carbons (Fsp3) is 0.750. The Morgan fingerprint density at radius 1 is 1.53 bits per heavy atom. The van der Waals surface area contributed by atoms with Gasteiger partial charge in [-0.25, -0.2) is 8.42 Å². The highest BCUT2D eigenvalue weighted by Crippen LogP contribution is 2.22. The Kier molecular flexibility index (Phi) is 4.68. The minimum Gasteiger partial charge on any atom is -0.311 e. The number of aryl methyl sites for hydroxylation is 2. The lowest BCUT2D eigenvalue weighted by Crippen LogP contribution is -2.24. The van der Waals surface area contributed by atoms with Gasteiger partial charge < -0.3 is 5.32 Å². The molecule has 1 fully saturated rings. The van der Waals surface area contributed by atoms with E-state index < -0.39 is 9.84 Å². The molecule has 1 aromatic rings. The maximum Gasteiger partial charge on any atom is 0.150 e. The normalized spacial score (nSPS) is 21.9. The van der Waals surface area contributed by atoms with E-state index in [4.69, 9.17) is 0 Å². The molecule has 108 valence electrons. The van der Waals surface area contributed by atoms with Crippen LogP contribution in [0.25, 0.3) is 0 Å². The van der Waals surface area contributed by atoms with Gasteiger partial charge in [-0.05, 0) is 41.2 Å². The average Bonchev–Trinajstić information content (AvgIpc) is 2.82. The molecule has 0 spiro atoms. The molecule has 7 heteroatoms. The number of nitrogens with one attached hydrogen (secondary N) is 1. The molecule has 0 bridgehead atoms. The van der Waals surface area contributed by atoms with Crippen LogP contribution in [0.3, 0.4) is 0 Å². The van der Waals surface area contributed by atoms with Crippen LogP contribution in [-0.2, 0) is 29.9 Å². The second kappa shape index (κ2) is 5.93. The highest BCUT2D eigenvalue weighted by molar-refractivity contribution is 9.10. The van der Waals surface area contributed by atoms with Crippen LogP contribution in [0, 0.1) is 5.92 Å². The van der Waals surface area contributed by atoms with Crippen LogP contribution in [0.4, 0.5) is 0 Å². The number of halogens is 1. The number of aromatic nitrogens is 2. The van der Waals surface area contributed by atoms with E-state index in [9.17, 15) is 8.42 Å². The van der Waals surface area contributed by atoms with E-state index in [-0.39, 0.29) is 5.92 Å². The van der Waals surface area contributed by atoms with Gasteiger partial charge in [0.15, 0.2) is 9.84 Å². The van der Waals surface area contributed by atoms with Crippen LogP contribution in [0.2, 0.25) is 0 Å². The summed E-state index contributed by atoms with van der Waals surface area (Å²) >= 11 is 3.57. The highest BCUT2D eigenvalue weighted by atomic mass is 79.9. The topological polar surface area (TPSA) is 64.0 Å². The maximum absolute atomic E-state index is 11.4. The summed E-state index contributed by atoms with van der Waals surface area (Å²) in [6.07, 6.45) is 1.68. The number of rotatable bonds is 5. The largest absolute Gasteiger partial charge is 0.311 e. The summed E-state index contributed by atoms with van der Waals surface area (Å²) in [6, 6.07) is 0. The predicted molar refractivity (Wildman–Crippen MR) is 78.8 cm³/mol. The molecule has 1 aromatic heterocycles. The van der Waals surface area contributed by atoms with Gasteiger partial charge >= 0.3 is 0 Å². The molecule has 0 aliphatic carbocycles. The molecule has 5 nitrogen and oxygen atoms in total. The molecule has 0 aromatic carbocycles. The molecule has 0 saturated carbocycles. The van der Waals surface area contributed by atoms with E-state index >= 15 is 0 Å². The lowest BCUT2D eigenvalue weighted by molar-refractivity contribution is 0.509. The first-order chi connectivity index (χ1) is 8.93. The van der Waals surface area contributed by atoms with Crippen LogP contribution >= 0.6 is 15.9 Å². The maximum atomic E-state index is 11.4. The van der Waals surface area contributed by atoms with Gasteiger partial charge in [-0.2, -0.15) is 5.10 Å². The summed E-state index contributed by atoms with van der Waals surface area (Å²) in [7, 11) is -0.842. The van der Waals surface area contributed by atoms with Crippen molar-refractivity contribution in [3.63, 3.8) is 0 Å². The van der Waals surface area contributed by atoms with E-state index in [0.717, 1.165) is 35.2 Å². The summed E-state index contributed by atoms with van der Waals surface area (Å²) in [5.41, 5.74) is 2.17. The Labute approximate surface area is 122 Å². The first kappa shape index (κ1) is 15.0. The van der Waals surface area contributed by atoms with Crippen molar-refractivity contribution >= 4 is 25.8 Å². The third kappa shape index (κ3) is 3.58. The molecule has 2 heterocycles. The van der Waals surface area contributed by atoms with Gasteiger partial charge in [-0.3, -0.25) is 4.68 Å². The lowest BCUT2D eigenvalue weighted by atomic mass is 10.1. The second-order valence-electron chi connectivity index (χ2n) is 5.08. The van der Waals surface area contributed by atoms with Gasteiger partial charge in [0.25, 0.3) is 0 Å². The van der Waals surface area contributed by atoms with E-state index in [1.54, 1.807) is 0 Å². The van der Waals surface area contributed by atoms with Gasteiger partial charge in [0.05, 0.1) is 27.4 Å². The zero-order valence-corrected chi connectivity index (χ0v) is 13.7. The van der Waals surface area contributed by atoms with Crippen molar-refractivity contribution in [1.82, 2.24) is 15.1 Å². The van der Waals surface area contributed by atoms with E-state index in [1.165, 1.54) is 0 Å². The quantitative estimate of drug-likeness (QED) is 0.869. The summed E-state index contributed by atoms with van der Waals surface area (Å²) in [5.74, 6) is 0.921. The molecular formula is C12H20BrN3O2S.